The van der Waals surface area contributed by atoms with Crippen LogP contribution in [0.3, 0.4) is 0 Å². The average Bonchev–Trinajstić information content (AvgIpc) is 3.08. The number of aliphatic imine (C=N–C) groups is 2. The summed E-state index contributed by atoms with van der Waals surface area (Å²) < 4.78 is 19.5. The number of rotatable bonds is 5. The van der Waals surface area contributed by atoms with Gasteiger partial charge in [-0.2, -0.15) is 4.99 Å². The molecule has 9 heteroatoms. The van der Waals surface area contributed by atoms with Gasteiger partial charge in [0.05, 0.1) is 7.11 Å². The van der Waals surface area contributed by atoms with Crippen LogP contribution in [0.5, 0.6) is 5.75 Å². The molecule has 0 aromatic heterocycles. The van der Waals surface area contributed by atoms with Gasteiger partial charge in [0.15, 0.2) is 17.9 Å². The summed E-state index contributed by atoms with van der Waals surface area (Å²) in [4.78, 5) is 14.4. The molecule has 0 spiro atoms. The van der Waals surface area contributed by atoms with Crippen LogP contribution in [0.25, 0.3) is 0 Å². The van der Waals surface area contributed by atoms with E-state index < -0.39 is 5.82 Å². The zero-order chi connectivity index (χ0) is 23.2. The molecule has 1 aromatic rings. The maximum atomic E-state index is 14.4. The third-order valence-corrected chi connectivity index (χ3v) is 6.90. The molecular weight excluding hydrogens is 421 g/mol. The van der Waals surface area contributed by atoms with Crippen LogP contribution in [0, 0.1) is 5.82 Å². The van der Waals surface area contributed by atoms with Crippen LogP contribution in [0.2, 0.25) is 0 Å². The normalized spacial score (nSPS) is 23.5. The van der Waals surface area contributed by atoms with Gasteiger partial charge < -0.3 is 25.2 Å². The van der Waals surface area contributed by atoms with Crippen molar-refractivity contribution in [1.29, 1.82) is 0 Å². The van der Waals surface area contributed by atoms with Crippen molar-refractivity contribution in [2.24, 2.45) is 9.98 Å². The largest absolute Gasteiger partial charge is 0.494 e. The van der Waals surface area contributed by atoms with E-state index in [4.69, 9.17) is 14.7 Å². The highest BCUT2D eigenvalue weighted by Crippen LogP contribution is 2.25. The van der Waals surface area contributed by atoms with Crippen LogP contribution >= 0.6 is 0 Å². The molecule has 1 unspecified atom stereocenters. The molecule has 1 aliphatic carbocycles. The lowest BCUT2D eigenvalue weighted by molar-refractivity contribution is 0.134. The summed E-state index contributed by atoms with van der Waals surface area (Å²) in [5, 5.41) is 10.3. The smallest absolute Gasteiger partial charge is 0.224 e. The van der Waals surface area contributed by atoms with Crippen molar-refractivity contribution in [2.45, 2.75) is 69.7 Å². The number of likely N-dealkylation sites (tertiary alicyclic amines) is 1. The van der Waals surface area contributed by atoms with E-state index in [1.54, 1.807) is 6.07 Å². The van der Waals surface area contributed by atoms with Gasteiger partial charge in [-0.1, -0.05) is 25.7 Å². The van der Waals surface area contributed by atoms with Crippen molar-refractivity contribution in [3.05, 3.63) is 24.0 Å². The maximum absolute atomic E-state index is 14.4. The third kappa shape index (κ3) is 5.95. The van der Waals surface area contributed by atoms with Crippen LogP contribution < -0.4 is 20.7 Å². The van der Waals surface area contributed by atoms with E-state index in [2.05, 4.69) is 32.8 Å². The van der Waals surface area contributed by atoms with Crippen molar-refractivity contribution >= 4 is 17.6 Å². The van der Waals surface area contributed by atoms with Gasteiger partial charge in [-0.15, -0.1) is 0 Å². The molecule has 2 fully saturated rings. The van der Waals surface area contributed by atoms with Crippen LogP contribution in [-0.4, -0.2) is 74.4 Å². The molecule has 182 valence electrons. The molecule has 0 amide bonds. The molecule has 8 nitrogen and oxygen atoms in total. The quantitative estimate of drug-likeness (QED) is 0.587. The second-order valence-electron chi connectivity index (χ2n) is 9.30. The minimum atomic E-state index is -0.402. The van der Waals surface area contributed by atoms with Crippen LogP contribution in [-0.2, 0) is 0 Å². The van der Waals surface area contributed by atoms with Gasteiger partial charge in [0, 0.05) is 23.8 Å². The first-order chi connectivity index (χ1) is 16.1. The molecule has 4 rings (SSSR count). The van der Waals surface area contributed by atoms with Gasteiger partial charge in [-0.25, -0.2) is 9.38 Å². The summed E-state index contributed by atoms with van der Waals surface area (Å²) in [7, 11) is 5.55. The first kappa shape index (κ1) is 23.8. The molecule has 33 heavy (non-hydrogen) atoms. The third-order valence-electron chi connectivity index (χ3n) is 6.90. The van der Waals surface area contributed by atoms with Gasteiger partial charge in [-0.3, -0.25) is 5.32 Å². The monoisotopic (exact) mass is 459 g/mol. The Bertz CT molecular complexity index is 845. The molecule has 0 bridgehead atoms. The molecule has 3 N–H and O–H groups in total. The molecule has 1 saturated heterocycles. The highest BCUT2D eigenvalue weighted by atomic mass is 19.1. The fourth-order valence-electron chi connectivity index (χ4n) is 4.97. The number of hydrogen-bond donors (Lipinski definition) is 3. The molecule has 2 aliphatic heterocycles. The molecule has 1 saturated carbocycles. The van der Waals surface area contributed by atoms with E-state index in [0.717, 1.165) is 38.8 Å². The van der Waals surface area contributed by atoms with Gasteiger partial charge in [0.2, 0.25) is 11.9 Å². The Morgan fingerprint density at radius 3 is 2.42 bits per heavy atom. The highest BCUT2D eigenvalue weighted by Gasteiger charge is 2.34. The summed E-state index contributed by atoms with van der Waals surface area (Å²) in [6.45, 7) is 2.05. The van der Waals surface area contributed by atoms with Gasteiger partial charge in [-0.05, 0) is 65.0 Å². The first-order valence-electron chi connectivity index (χ1n) is 12.2. The highest BCUT2D eigenvalue weighted by molar-refractivity contribution is 6.03. The van der Waals surface area contributed by atoms with E-state index in [0.29, 0.717) is 23.6 Å². The minimum Gasteiger partial charge on any atom is -0.494 e. The molecule has 0 radical (unpaired) electrons. The Hall–Kier alpha value is -2.39. The van der Waals surface area contributed by atoms with Gasteiger partial charge in [0.1, 0.15) is 0 Å². The number of nitrogens with one attached hydrogen (secondary N) is 3. The Labute approximate surface area is 196 Å². The average molecular weight is 460 g/mol. The van der Waals surface area contributed by atoms with Crippen molar-refractivity contribution in [3.8, 4) is 5.75 Å². The number of hydrogen-bond acceptors (Lipinski definition) is 8. The predicted octanol–water partition coefficient (Wildman–Crippen LogP) is 3.18. The van der Waals surface area contributed by atoms with Crippen LogP contribution in [0.15, 0.2) is 28.2 Å². The lowest BCUT2D eigenvalue weighted by atomic mass is 10.0. The zero-order valence-electron chi connectivity index (χ0n) is 20.1. The molecule has 3 aliphatic rings. The SMILES string of the molecule is CNC1N=C(NC2CCCCCC2)N=C(Nc2ccc(OC)c(F)c2)N1C1CCN(C)CC1. The predicted molar refractivity (Wildman–Crippen MR) is 131 cm³/mol. The van der Waals surface area contributed by atoms with E-state index in [1.807, 2.05) is 13.1 Å². The van der Waals surface area contributed by atoms with Crippen molar-refractivity contribution in [3.63, 3.8) is 0 Å². The Morgan fingerprint density at radius 1 is 1.06 bits per heavy atom. The standard InChI is InChI=1S/C24H38FN7O/c1-26-23-29-22(27-17-8-6-4-5-7-9-17)30-24(32(23)19-12-14-31(2)15-13-19)28-18-10-11-21(33-3)20(25)16-18/h10-11,16-17,19,23,26H,4-9,12-15H2,1-3H3,(H2,27,28,29,30). The van der Waals surface area contributed by atoms with Crippen molar-refractivity contribution in [1.82, 2.24) is 20.4 Å². The van der Waals surface area contributed by atoms with Crippen molar-refractivity contribution in [2.75, 3.05) is 39.6 Å². The van der Waals surface area contributed by atoms with Crippen molar-refractivity contribution < 1.29 is 9.13 Å². The van der Waals surface area contributed by atoms with Gasteiger partial charge >= 0.3 is 0 Å². The first-order valence-corrected chi connectivity index (χ1v) is 12.2. The summed E-state index contributed by atoms with van der Waals surface area (Å²) in [5.74, 6) is 1.16. The topological polar surface area (TPSA) is 76.5 Å². The Balaban J connectivity index is 1.60. The fourth-order valence-corrected chi connectivity index (χ4v) is 4.97. The number of benzene rings is 1. The second-order valence-corrected chi connectivity index (χ2v) is 9.30. The summed E-state index contributed by atoms with van der Waals surface area (Å²) >= 11 is 0. The number of nitrogens with zero attached hydrogens (tertiary/aromatic N) is 4. The molecule has 1 atom stereocenters. The number of guanidine groups is 2. The fraction of sp³-hybridized carbons (Fsp3) is 0.667. The number of ether oxygens (including phenoxy) is 1. The van der Waals surface area contributed by atoms with Crippen LogP contribution in [0.4, 0.5) is 10.1 Å². The van der Waals surface area contributed by atoms with E-state index in [1.165, 1.54) is 38.9 Å². The molecule has 2 heterocycles. The second kappa shape index (κ2) is 11.2. The number of methoxy groups -OCH3 is 1. The summed E-state index contributed by atoms with van der Waals surface area (Å²) in [6, 6.07) is 5.58. The van der Waals surface area contributed by atoms with Crippen LogP contribution in [0.1, 0.15) is 51.4 Å². The van der Waals surface area contributed by atoms with E-state index in [9.17, 15) is 4.39 Å². The van der Waals surface area contributed by atoms with Gasteiger partial charge in [0.25, 0.3) is 0 Å². The summed E-state index contributed by atoms with van der Waals surface area (Å²) in [6.07, 6.45) is 9.16. The minimum absolute atomic E-state index is 0.226. The maximum Gasteiger partial charge on any atom is 0.224 e. The Kier molecular flexibility index (Phi) is 8.03. The number of piperidine rings is 1. The lowest BCUT2D eigenvalue weighted by Gasteiger charge is -2.43. The zero-order valence-corrected chi connectivity index (χ0v) is 20.1. The summed E-state index contributed by atoms with van der Waals surface area (Å²) in [5.41, 5.74) is 0.635. The lowest BCUT2D eigenvalue weighted by Crippen LogP contribution is -2.59. The molecular formula is C24H38FN7O. The Morgan fingerprint density at radius 2 is 1.79 bits per heavy atom. The van der Waals surface area contributed by atoms with E-state index in [-0.39, 0.29) is 18.1 Å². The van der Waals surface area contributed by atoms with E-state index >= 15 is 0 Å². The number of halogens is 1. The molecule has 1 aromatic carbocycles. The number of anilines is 1.